The van der Waals surface area contributed by atoms with Gasteiger partial charge in [0.1, 0.15) is 5.75 Å². The van der Waals surface area contributed by atoms with E-state index in [0.717, 1.165) is 24.4 Å². The zero-order valence-corrected chi connectivity index (χ0v) is 14.2. The molecule has 0 spiro atoms. The van der Waals surface area contributed by atoms with Crippen LogP contribution in [0.3, 0.4) is 0 Å². The molecule has 0 radical (unpaired) electrons. The third kappa shape index (κ3) is 3.57. The smallest absolute Gasteiger partial charge is 0.308 e. The summed E-state index contributed by atoms with van der Waals surface area (Å²) in [5, 5.41) is 9.60. The SMILES string of the molecule is COc1cccc([C@@H]2CN(Cc3ccc(C)s3)C[C@H]2C(=O)O)c1. The van der Waals surface area contributed by atoms with E-state index < -0.39 is 5.97 Å². The van der Waals surface area contributed by atoms with Crippen LogP contribution in [0.2, 0.25) is 0 Å². The molecular formula is C18H21NO3S. The van der Waals surface area contributed by atoms with Gasteiger partial charge in [-0.25, -0.2) is 0 Å². The molecule has 5 heteroatoms. The van der Waals surface area contributed by atoms with Crippen LogP contribution in [0.1, 0.15) is 21.2 Å². The fraction of sp³-hybridized carbons (Fsp3) is 0.389. The van der Waals surface area contributed by atoms with Gasteiger partial charge in [-0.2, -0.15) is 0 Å². The summed E-state index contributed by atoms with van der Waals surface area (Å²) >= 11 is 1.78. The van der Waals surface area contributed by atoms with Crippen molar-refractivity contribution in [1.82, 2.24) is 4.90 Å². The summed E-state index contributed by atoms with van der Waals surface area (Å²) in [5.74, 6) is -0.312. The van der Waals surface area contributed by atoms with Crippen LogP contribution in [-0.2, 0) is 11.3 Å². The number of carboxylic acids is 1. The summed E-state index contributed by atoms with van der Waals surface area (Å²) in [6.45, 7) is 4.27. The van der Waals surface area contributed by atoms with Crippen molar-refractivity contribution in [2.45, 2.75) is 19.4 Å². The van der Waals surface area contributed by atoms with Gasteiger partial charge in [0, 0.05) is 35.3 Å². The summed E-state index contributed by atoms with van der Waals surface area (Å²) in [4.78, 5) is 16.5. The lowest BCUT2D eigenvalue weighted by molar-refractivity contribution is -0.141. The molecule has 1 aromatic heterocycles. The minimum atomic E-state index is -0.720. The molecule has 0 aliphatic carbocycles. The topological polar surface area (TPSA) is 49.8 Å². The monoisotopic (exact) mass is 331 g/mol. The lowest BCUT2D eigenvalue weighted by Crippen LogP contribution is -2.22. The molecule has 0 saturated carbocycles. The maximum absolute atomic E-state index is 11.7. The molecule has 2 heterocycles. The molecule has 0 amide bonds. The number of hydrogen-bond donors (Lipinski definition) is 1. The number of likely N-dealkylation sites (tertiary alicyclic amines) is 1. The Kier molecular flexibility index (Phi) is 4.68. The number of rotatable bonds is 5. The van der Waals surface area contributed by atoms with Gasteiger partial charge in [0.15, 0.2) is 0 Å². The van der Waals surface area contributed by atoms with Crippen LogP contribution < -0.4 is 4.74 Å². The summed E-state index contributed by atoms with van der Waals surface area (Å²) in [6.07, 6.45) is 0. The first-order valence-electron chi connectivity index (χ1n) is 7.71. The number of nitrogens with zero attached hydrogens (tertiary/aromatic N) is 1. The summed E-state index contributed by atoms with van der Waals surface area (Å²) < 4.78 is 5.28. The molecule has 2 aromatic rings. The van der Waals surface area contributed by atoms with Crippen molar-refractivity contribution in [2.24, 2.45) is 5.92 Å². The number of ether oxygens (including phenoxy) is 1. The second-order valence-corrected chi connectivity index (χ2v) is 7.41. The first-order valence-corrected chi connectivity index (χ1v) is 8.53. The van der Waals surface area contributed by atoms with Crippen molar-refractivity contribution < 1.29 is 14.6 Å². The second-order valence-electron chi connectivity index (χ2n) is 6.03. The van der Waals surface area contributed by atoms with Crippen LogP contribution in [0, 0.1) is 12.8 Å². The molecule has 3 rings (SSSR count). The van der Waals surface area contributed by atoms with Crippen LogP contribution in [0.25, 0.3) is 0 Å². The van der Waals surface area contributed by atoms with Crippen LogP contribution in [0.5, 0.6) is 5.75 Å². The molecule has 23 heavy (non-hydrogen) atoms. The Labute approximate surface area is 140 Å². The number of methoxy groups -OCH3 is 1. The van der Waals surface area contributed by atoms with E-state index in [1.807, 2.05) is 24.3 Å². The van der Waals surface area contributed by atoms with Crippen molar-refractivity contribution in [1.29, 1.82) is 0 Å². The number of benzene rings is 1. The Hall–Kier alpha value is -1.85. The first kappa shape index (κ1) is 16.0. The van der Waals surface area contributed by atoms with E-state index in [1.54, 1.807) is 18.4 Å². The highest BCUT2D eigenvalue weighted by atomic mass is 32.1. The van der Waals surface area contributed by atoms with Gasteiger partial charge in [0.05, 0.1) is 13.0 Å². The van der Waals surface area contributed by atoms with E-state index in [0.29, 0.717) is 6.54 Å². The number of hydrogen-bond acceptors (Lipinski definition) is 4. The van der Waals surface area contributed by atoms with Gasteiger partial charge < -0.3 is 9.84 Å². The number of aryl methyl sites for hydroxylation is 1. The molecule has 122 valence electrons. The average Bonchev–Trinajstić information content (AvgIpc) is 3.14. The Morgan fingerprint density at radius 2 is 2.17 bits per heavy atom. The van der Waals surface area contributed by atoms with Crippen molar-refractivity contribution in [3.8, 4) is 5.75 Å². The van der Waals surface area contributed by atoms with Crippen molar-refractivity contribution in [2.75, 3.05) is 20.2 Å². The Bertz CT molecular complexity index is 697. The number of thiophene rings is 1. The summed E-state index contributed by atoms with van der Waals surface area (Å²) in [6, 6.07) is 12.0. The molecule has 1 N–H and O–H groups in total. The fourth-order valence-electron chi connectivity index (χ4n) is 3.27. The normalized spacial score (nSPS) is 21.5. The van der Waals surface area contributed by atoms with Gasteiger partial charge in [0.25, 0.3) is 0 Å². The molecule has 1 aromatic carbocycles. The second kappa shape index (κ2) is 6.72. The minimum Gasteiger partial charge on any atom is -0.497 e. The van der Waals surface area contributed by atoms with E-state index in [-0.39, 0.29) is 11.8 Å². The number of carbonyl (C=O) groups is 1. The minimum absolute atomic E-state index is 0.00339. The predicted molar refractivity (Wildman–Crippen MR) is 91.2 cm³/mol. The van der Waals surface area contributed by atoms with Crippen LogP contribution in [0.4, 0.5) is 0 Å². The highest BCUT2D eigenvalue weighted by Gasteiger charge is 2.38. The fourth-order valence-corrected chi connectivity index (χ4v) is 4.20. The van der Waals surface area contributed by atoms with E-state index in [4.69, 9.17) is 4.74 Å². The summed E-state index contributed by atoms with van der Waals surface area (Å²) in [5.41, 5.74) is 1.04. The summed E-state index contributed by atoms with van der Waals surface area (Å²) in [7, 11) is 1.63. The molecule has 1 aliphatic rings. The Morgan fingerprint density at radius 1 is 1.35 bits per heavy atom. The zero-order valence-electron chi connectivity index (χ0n) is 13.4. The molecule has 1 saturated heterocycles. The van der Waals surface area contributed by atoms with Gasteiger partial charge in [0.2, 0.25) is 0 Å². The highest BCUT2D eigenvalue weighted by Crippen LogP contribution is 2.35. The molecule has 0 unspecified atom stereocenters. The van der Waals surface area contributed by atoms with E-state index in [2.05, 4.69) is 24.0 Å². The Morgan fingerprint density at radius 3 is 2.83 bits per heavy atom. The Balaban J connectivity index is 1.79. The molecule has 0 bridgehead atoms. The van der Waals surface area contributed by atoms with E-state index in [1.165, 1.54) is 9.75 Å². The van der Waals surface area contributed by atoms with Crippen molar-refractivity contribution in [3.63, 3.8) is 0 Å². The molecule has 2 atom stereocenters. The maximum atomic E-state index is 11.7. The van der Waals surface area contributed by atoms with Crippen LogP contribution in [-0.4, -0.2) is 36.2 Å². The third-order valence-corrected chi connectivity index (χ3v) is 5.40. The standard InChI is InChI=1S/C18H21NO3S/c1-12-6-7-15(23-12)9-19-10-16(17(11-19)18(20)21)13-4-3-5-14(8-13)22-2/h3-8,16-17H,9-11H2,1-2H3,(H,20,21)/t16-,17+/m0/s1. The van der Waals surface area contributed by atoms with Gasteiger partial charge in [-0.15, -0.1) is 11.3 Å². The van der Waals surface area contributed by atoms with Crippen molar-refractivity contribution >= 4 is 17.3 Å². The molecule has 1 aliphatic heterocycles. The predicted octanol–water partition coefficient (Wildman–Crippen LogP) is 3.37. The highest BCUT2D eigenvalue weighted by molar-refractivity contribution is 7.11. The van der Waals surface area contributed by atoms with Gasteiger partial charge in [-0.05, 0) is 36.8 Å². The number of carboxylic acid groups (broad SMARTS) is 1. The first-order chi connectivity index (χ1) is 11.1. The third-order valence-electron chi connectivity index (χ3n) is 4.41. The molecule has 1 fully saturated rings. The average molecular weight is 331 g/mol. The largest absolute Gasteiger partial charge is 0.497 e. The van der Waals surface area contributed by atoms with Gasteiger partial charge in [-0.1, -0.05) is 12.1 Å². The zero-order chi connectivity index (χ0) is 16.4. The van der Waals surface area contributed by atoms with E-state index in [9.17, 15) is 9.90 Å². The van der Waals surface area contributed by atoms with Crippen molar-refractivity contribution in [3.05, 3.63) is 51.7 Å². The van der Waals surface area contributed by atoms with Crippen LogP contribution in [0.15, 0.2) is 36.4 Å². The lowest BCUT2D eigenvalue weighted by Gasteiger charge is -2.16. The van der Waals surface area contributed by atoms with Gasteiger partial charge in [-0.3, -0.25) is 9.69 Å². The van der Waals surface area contributed by atoms with E-state index >= 15 is 0 Å². The molecular weight excluding hydrogens is 310 g/mol. The number of aliphatic carboxylic acids is 1. The van der Waals surface area contributed by atoms with Crippen LogP contribution >= 0.6 is 11.3 Å². The molecule has 4 nitrogen and oxygen atoms in total. The van der Waals surface area contributed by atoms with Gasteiger partial charge >= 0.3 is 5.97 Å². The lowest BCUT2D eigenvalue weighted by atomic mass is 9.89. The maximum Gasteiger partial charge on any atom is 0.308 e. The quantitative estimate of drug-likeness (QED) is 0.913.